The van der Waals surface area contributed by atoms with E-state index in [2.05, 4.69) is 36.2 Å². The molecule has 3 heterocycles. The molecule has 0 atom stereocenters. The van der Waals surface area contributed by atoms with Crippen molar-refractivity contribution >= 4 is 38.5 Å². The van der Waals surface area contributed by atoms with Gasteiger partial charge in [0.2, 0.25) is 0 Å². The molecule has 6 aromatic rings. The molecule has 0 aliphatic carbocycles. The molecule has 0 aliphatic rings. The van der Waals surface area contributed by atoms with Gasteiger partial charge in [-0.3, -0.25) is 14.0 Å². The first-order valence-electron chi connectivity index (χ1n) is 14.5. The summed E-state index contributed by atoms with van der Waals surface area (Å²) in [5.74, 6) is 0.481. The Morgan fingerprint density at radius 1 is 0.884 bits per heavy atom. The molecule has 0 saturated carbocycles. The second-order valence-electron chi connectivity index (χ2n) is 10.3. The molecule has 7 heteroatoms. The van der Waals surface area contributed by atoms with E-state index in [0.29, 0.717) is 35.5 Å². The molecule has 0 saturated heterocycles. The van der Waals surface area contributed by atoms with Crippen molar-refractivity contribution in [3.63, 3.8) is 0 Å². The predicted octanol–water partition coefficient (Wildman–Crippen LogP) is 7.54. The average Bonchev–Trinajstić information content (AvgIpc) is 3.54. The quantitative estimate of drug-likeness (QED) is 0.180. The molecule has 0 bridgehead atoms. The van der Waals surface area contributed by atoms with Gasteiger partial charge in [0.25, 0.3) is 11.5 Å². The Labute approximate surface area is 254 Å². The second-order valence-corrected chi connectivity index (χ2v) is 11.3. The van der Waals surface area contributed by atoms with E-state index in [-0.39, 0.29) is 11.5 Å². The molecule has 216 valence electrons. The van der Waals surface area contributed by atoms with Crippen molar-refractivity contribution in [2.45, 2.75) is 27.0 Å². The lowest BCUT2D eigenvalue weighted by molar-refractivity contribution is 0.0952. The Hall–Kier alpha value is -4.88. The van der Waals surface area contributed by atoms with Crippen LogP contribution in [0.1, 0.15) is 35.3 Å². The molecule has 0 unspecified atom stereocenters. The number of rotatable bonds is 10. The summed E-state index contributed by atoms with van der Waals surface area (Å²) in [7, 11) is 0. The Morgan fingerprint density at radius 3 is 2.35 bits per heavy atom. The highest BCUT2D eigenvalue weighted by Gasteiger charge is 2.19. The van der Waals surface area contributed by atoms with Gasteiger partial charge in [-0.1, -0.05) is 54.6 Å². The summed E-state index contributed by atoms with van der Waals surface area (Å²) in [5, 5.41) is 6.08. The van der Waals surface area contributed by atoms with Crippen LogP contribution in [0.2, 0.25) is 0 Å². The van der Waals surface area contributed by atoms with Gasteiger partial charge >= 0.3 is 0 Å². The number of hydrogen-bond donors (Lipinski definition) is 1. The normalized spacial score (nSPS) is 11.1. The fraction of sp³-hybridized carbons (Fsp3) is 0.167. The van der Waals surface area contributed by atoms with Crippen LogP contribution in [0.4, 0.5) is 5.69 Å². The molecule has 0 radical (unpaired) electrons. The van der Waals surface area contributed by atoms with E-state index in [1.54, 1.807) is 16.7 Å². The lowest BCUT2D eigenvalue weighted by atomic mass is 10.0. The van der Waals surface area contributed by atoms with Gasteiger partial charge in [0.1, 0.15) is 12.4 Å². The Kier molecular flexibility index (Phi) is 8.24. The van der Waals surface area contributed by atoms with Gasteiger partial charge in [0.15, 0.2) is 0 Å². The number of fused-ring (bicyclic) bond motifs is 3. The summed E-state index contributed by atoms with van der Waals surface area (Å²) in [6, 6.07) is 31.4. The number of pyridine rings is 2. The number of carbonyl (C=O) groups is 1. The molecular weight excluding hydrogens is 554 g/mol. The highest BCUT2D eigenvalue weighted by Crippen LogP contribution is 2.30. The lowest BCUT2D eigenvalue weighted by Gasteiger charge is -2.21. The Bertz CT molecular complexity index is 1920. The van der Waals surface area contributed by atoms with Crippen molar-refractivity contribution in [1.29, 1.82) is 0 Å². The third-order valence-corrected chi connectivity index (χ3v) is 8.66. The van der Waals surface area contributed by atoms with Crippen LogP contribution in [0.15, 0.2) is 113 Å². The van der Waals surface area contributed by atoms with Crippen LogP contribution >= 0.6 is 11.3 Å². The van der Waals surface area contributed by atoms with Crippen LogP contribution in [0, 0.1) is 0 Å². The summed E-state index contributed by atoms with van der Waals surface area (Å²) in [4.78, 5) is 29.8. The molecule has 6 nitrogen and oxygen atoms in total. The fourth-order valence-electron chi connectivity index (χ4n) is 5.35. The Morgan fingerprint density at radius 2 is 1.63 bits per heavy atom. The van der Waals surface area contributed by atoms with E-state index < -0.39 is 0 Å². The predicted molar refractivity (Wildman–Crippen MR) is 176 cm³/mol. The van der Waals surface area contributed by atoms with Crippen LogP contribution in [-0.2, 0) is 13.2 Å². The monoisotopic (exact) mass is 587 g/mol. The third-order valence-electron chi connectivity index (χ3n) is 7.72. The van der Waals surface area contributed by atoms with Crippen molar-refractivity contribution in [1.82, 2.24) is 9.72 Å². The number of amides is 1. The number of aromatic nitrogens is 1. The first-order chi connectivity index (χ1) is 21.1. The summed E-state index contributed by atoms with van der Waals surface area (Å²) in [6.45, 7) is 7.00. The summed E-state index contributed by atoms with van der Waals surface area (Å²) >= 11 is 1.53. The molecule has 0 spiro atoms. The van der Waals surface area contributed by atoms with Crippen molar-refractivity contribution in [2.24, 2.45) is 0 Å². The number of thiophene rings is 1. The molecule has 6 rings (SSSR count). The van der Waals surface area contributed by atoms with Crippen LogP contribution in [0.5, 0.6) is 5.75 Å². The zero-order chi connectivity index (χ0) is 29.8. The van der Waals surface area contributed by atoms with Gasteiger partial charge in [-0.25, -0.2) is 0 Å². The van der Waals surface area contributed by atoms with Gasteiger partial charge in [-0.15, -0.1) is 11.3 Å². The topological polar surface area (TPSA) is 63.1 Å². The van der Waals surface area contributed by atoms with E-state index in [0.717, 1.165) is 45.6 Å². The largest absolute Gasteiger partial charge is 0.489 e. The van der Waals surface area contributed by atoms with Crippen molar-refractivity contribution in [3.8, 4) is 16.9 Å². The zero-order valence-corrected chi connectivity index (χ0v) is 25.1. The number of ether oxygens (including phenoxy) is 1. The molecule has 1 amide bonds. The van der Waals surface area contributed by atoms with Crippen molar-refractivity contribution in [3.05, 3.63) is 136 Å². The van der Waals surface area contributed by atoms with Gasteiger partial charge in [0, 0.05) is 37.1 Å². The molecule has 3 aromatic heterocycles. The van der Waals surface area contributed by atoms with E-state index in [4.69, 9.17) is 4.74 Å². The summed E-state index contributed by atoms with van der Waals surface area (Å²) < 4.78 is 8.45. The van der Waals surface area contributed by atoms with Gasteiger partial charge < -0.3 is 15.0 Å². The van der Waals surface area contributed by atoms with Gasteiger partial charge in [0.05, 0.1) is 15.8 Å². The minimum atomic E-state index is -0.227. The summed E-state index contributed by atoms with van der Waals surface area (Å²) in [5.41, 5.74) is 5.34. The standard InChI is InChI=1S/C36H33N3O3S/c1-3-38(4-2)29-14-10-25(11-15-29)23-37-35(40)32-22-31(36(41)39-20-18-28-19-21-43-34(28)33(32)39)27-12-16-30(17-13-27)42-24-26-8-6-5-7-9-26/h5-22H,3-4,23-24H2,1-2H3,(H,37,40). The first-order valence-corrected chi connectivity index (χ1v) is 15.4. The van der Waals surface area contributed by atoms with Crippen LogP contribution in [-0.4, -0.2) is 23.4 Å². The molecule has 43 heavy (non-hydrogen) atoms. The SMILES string of the molecule is CCN(CC)c1ccc(CNC(=O)c2cc(-c3ccc(OCc4ccccc4)cc3)c(=O)n3ccc4ccsc4c23)cc1. The van der Waals surface area contributed by atoms with Crippen LogP contribution in [0.25, 0.3) is 26.7 Å². The number of carbonyl (C=O) groups excluding carboxylic acids is 1. The molecular formula is C36H33N3O3S. The van der Waals surface area contributed by atoms with Crippen molar-refractivity contribution in [2.75, 3.05) is 18.0 Å². The smallest absolute Gasteiger partial charge is 0.263 e. The first kappa shape index (κ1) is 28.2. The van der Waals surface area contributed by atoms with E-state index in [1.807, 2.05) is 84.2 Å². The van der Waals surface area contributed by atoms with Crippen molar-refractivity contribution < 1.29 is 9.53 Å². The molecule has 0 fully saturated rings. The maximum Gasteiger partial charge on any atom is 0.263 e. The lowest BCUT2D eigenvalue weighted by Crippen LogP contribution is -2.26. The third kappa shape index (κ3) is 5.90. The van der Waals surface area contributed by atoms with E-state index >= 15 is 0 Å². The molecule has 1 N–H and O–H groups in total. The van der Waals surface area contributed by atoms with Gasteiger partial charge in [-0.05, 0) is 83.8 Å². The number of nitrogens with one attached hydrogen (secondary N) is 1. The van der Waals surface area contributed by atoms with E-state index in [9.17, 15) is 9.59 Å². The highest BCUT2D eigenvalue weighted by atomic mass is 32.1. The zero-order valence-electron chi connectivity index (χ0n) is 24.2. The Balaban J connectivity index is 1.31. The maximum absolute atomic E-state index is 13.8. The highest BCUT2D eigenvalue weighted by molar-refractivity contribution is 7.18. The van der Waals surface area contributed by atoms with Crippen LogP contribution in [0.3, 0.4) is 0 Å². The maximum atomic E-state index is 13.8. The second kappa shape index (κ2) is 12.5. The summed E-state index contributed by atoms with van der Waals surface area (Å²) in [6.07, 6.45) is 1.76. The average molecular weight is 588 g/mol. The molecule has 0 aliphatic heterocycles. The minimum absolute atomic E-state index is 0.174. The number of nitrogens with zero attached hydrogens (tertiary/aromatic N) is 2. The number of hydrogen-bond acceptors (Lipinski definition) is 5. The minimum Gasteiger partial charge on any atom is -0.489 e. The van der Waals surface area contributed by atoms with Gasteiger partial charge in [-0.2, -0.15) is 0 Å². The molecule has 3 aromatic carbocycles. The number of benzene rings is 3. The number of anilines is 1. The van der Waals surface area contributed by atoms with E-state index in [1.165, 1.54) is 11.3 Å². The van der Waals surface area contributed by atoms with Crippen LogP contribution < -0.4 is 20.5 Å². The fourth-order valence-corrected chi connectivity index (χ4v) is 6.29.